The summed E-state index contributed by atoms with van der Waals surface area (Å²) in [6.07, 6.45) is 7.15. The number of hydrogen-bond acceptors (Lipinski definition) is 5. The lowest BCUT2D eigenvalue weighted by Gasteiger charge is -2.28. The van der Waals surface area contributed by atoms with Gasteiger partial charge in [-0.3, -0.25) is 4.79 Å². The van der Waals surface area contributed by atoms with Gasteiger partial charge < -0.3 is 14.7 Å². The van der Waals surface area contributed by atoms with Crippen LogP contribution < -0.4 is 9.80 Å². The van der Waals surface area contributed by atoms with Crippen molar-refractivity contribution in [2.24, 2.45) is 0 Å². The fourth-order valence-corrected chi connectivity index (χ4v) is 3.17. The molecule has 1 aromatic rings. The van der Waals surface area contributed by atoms with Gasteiger partial charge in [-0.1, -0.05) is 0 Å². The maximum Gasteiger partial charge on any atom is 0.222 e. The van der Waals surface area contributed by atoms with E-state index < -0.39 is 0 Å². The molecule has 0 unspecified atom stereocenters. The van der Waals surface area contributed by atoms with E-state index >= 15 is 0 Å². The van der Waals surface area contributed by atoms with Crippen LogP contribution in [0.15, 0.2) is 12.4 Å². The second-order valence-corrected chi connectivity index (χ2v) is 6.19. The van der Waals surface area contributed by atoms with Gasteiger partial charge in [0.25, 0.3) is 0 Å². The molecule has 0 radical (unpaired) electrons. The Labute approximate surface area is 132 Å². The van der Waals surface area contributed by atoms with Crippen molar-refractivity contribution >= 4 is 17.5 Å². The second kappa shape index (κ2) is 6.94. The molecule has 3 heterocycles. The summed E-state index contributed by atoms with van der Waals surface area (Å²) in [5.41, 5.74) is 0. The van der Waals surface area contributed by atoms with Crippen LogP contribution >= 0.6 is 0 Å². The summed E-state index contributed by atoms with van der Waals surface area (Å²) in [5.74, 6) is 2.24. The molecule has 2 aliphatic heterocycles. The fraction of sp³-hybridized carbons (Fsp3) is 0.688. The Balaban J connectivity index is 1.59. The van der Waals surface area contributed by atoms with Crippen LogP contribution in [0, 0.1) is 0 Å². The number of carbonyl (C=O) groups is 1. The number of hydrogen-bond donors (Lipinski definition) is 0. The summed E-state index contributed by atoms with van der Waals surface area (Å²) in [7, 11) is 2.03. The number of piperidine rings is 1. The highest BCUT2D eigenvalue weighted by atomic mass is 16.2. The highest BCUT2D eigenvalue weighted by molar-refractivity contribution is 5.78. The standard InChI is InChI=1S/C16H25N5O/c1-19(10-11-21-9-5-6-16(21)22)14-12-15(18-13-17-14)20-7-3-2-4-8-20/h12-13H,2-11H2,1H3. The van der Waals surface area contributed by atoms with Gasteiger partial charge in [-0.15, -0.1) is 0 Å². The molecule has 0 aliphatic carbocycles. The van der Waals surface area contributed by atoms with Gasteiger partial charge in [-0.25, -0.2) is 9.97 Å². The molecule has 0 spiro atoms. The third-order valence-electron chi connectivity index (χ3n) is 4.59. The normalized spacial score (nSPS) is 18.9. The van der Waals surface area contributed by atoms with Crippen LogP contribution in [-0.4, -0.2) is 60.5 Å². The lowest BCUT2D eigenvalue weighted by Crippen LogP contribution is -2.34. The molecular formula is C16H25N5O. The highest BCUT2D eigenvalue weighted by Gasteiger charge is 2.20. The van der Waals surface area contributed by atoms with Crippen molar-refractivity contribution in [3.8, 4) is 0 Å². The Morgan fingerprint density at radius 2 is 1.95 bits per heavy atom. The van der Waals surface area contributed by atoms with Gasteiger partial charge in [0, 0.05) is 52.3 Å². The minimum absolute atomic E-state index is 0.282. The van der Waals surface area contributed by atoms with Crippen LogP contribution in [0.25, 0.3) is 0 Å². The quantitative estimate of drug-likeness (QED) is 0.825. The molecular weight excluding hydrogens is 278 g/mol. The van der Waals surface area contributed by atoms with Crippen molar-refractivity contribution in [3.05, 3.63) is 12.4 Å². The van der Waals surface area contributed by atoms with E-state index in [9.17, 15) is 4.79 Å². The number of likely N-dealkylation sites (tertiary alicyclic amines) is 1. The minimum Gasteiger partial charge on any atom is -0.358 e. The summed E-state index contributed by atoms with van der Waals surface area (Å²) in [4.78, 5) is 26.9. The van der Waals surface area contributed by atoms with Gasteiger partial charge in [0.1, 0.15) is 18.0 Å². The molecule has 0 aromatic carbocycles. The molecule has 120 valence electrons. The van der Waals surface area contributed by atoms with Crippen molar-refractivity contribution in [3.63, 3.8) is 0 Å². The van der Waals surface area contributed by atoms with Crippen LogP contribution in [0.2, 0.25) is 0 Å². The monoisotopic (exact) mass is 303 g/mol. The number of likely N-dealkylation sites (N-methyl/N-ethyl adjacent to an activating group) is 1. The second-order valence-electron chi connectivity index (χ2n) is 6.19. The molecule has 22 heavy (non-hydrogen) atoms. The van der Waals surface area contributed by atoms with Crippen LogP contribution in [0.3, 0.4) is 0 Å². The summed E-state index contributed by atoms with van der Waals surface area (Å²) >= 11 is 0. The maximum atomic E-state index is 11.7. The Kier molecular flexibility index (Phi) is 4.75. The molecule has 0 atom stereocenters. The zero-order valence-electron chi connectivity index (χ0n) is 13.4. The van der Waals surface area contributed by atoms with Crippen LogP contribution in [0.5, 0.6) is 0 Å². The van der Waals surface area contributed by atoms with Crippen molar-refractivity contribution in [1.29, 1.82) is 0 Å². The number of amides is 1. The number of nitrogens with zero attached hydrogens (tertiary/aromatic N) is 5. The van der Waals surface area contributed by atoms with Gasteiger partial charge in [0.15, 0.2) is 0 Å². The van der Waals surface area contributed by atoms with E-state index in [2.05, 4.69) is 25.8 Å². The first-order chi connectivity index (χ1) is 10.7. The molecule has 2 aliphatic rings. The highest BCUT2D eigenvalue weighted by Crippen LogP contribution is 2.20. The van der Waals surface area contributed by atoms with Gasteiger partial charge >= 0.3 is 0 Å². The lowest BCUT2D eigenvalue weighted by molar-refractivity contribution is -0.127. The molecule has 6 heteroatoms. The Bertz CT molecular complexity index is 515. The number of aromatic nitrogens is 2. The van der Waals surface area contributed by atoms with Gasteiger partial charge in [-0.2, -0.15) is 0 Å². The predicted molar refractivity (Wildman–Crippen MR) is 87.2 cm³/mol. The van der Waals surface area contributed by atoms with E-state index in [1.807, 2.05) is 11.9 Å². The lowest BCUT2D eigenvalue weighted by atomic mass is 10.1. The molecule has 1 aromatic heterocycles. The Hall–Kier alpha value is -1.85. The summed E-state index contributed by atoms with van der Waals surface area (Å²) in [6, 6.07) is 2.07. The number of carbonyl (C=O) groups excluding carboxylic acids is 1. The average molecular weight is 303 g/mol. The number of rotatable bonds is 5. The summed E-state index contributed by atoms with van der Waals surface area (Å²) in [6.45, 7) is 4.65. The first-order valence-electron chi connectivity index (χ1n) is 8.30. The third-order valence-corrected chi connectivity index (χ3v) is 4.59. The van der Waals surface area contributed by atoms with Crippen LogP contribution in [-0.2, 0) is 4.79 Å². The predicted octanol–water partition coefficient (Wildman–Crippen LogP) is 1.53. The average Bonchev–Trinajstić information content (AvgIpc) is 2.99. The smallest absolute Gasteiger partial charge is 0.222 e. The molecule has 0 N–H and O–H groups in total. The largest absolute Gasteiger partial charge is 0.358 e. The third kappa shape index (κ3) is 3.48. The van der Waals surface area contributed by atoms with E-state index in [1.54, 1.807) is 6.33 Å². The van der Waals surface area contributed by atoms with Crippen LogP contribution in [0.1, 0.15) is 32.1 Å². The van der Waals surface area contributed by atoms with Gasteiger partial charge in [-0.05, 0) is 25.7 Å². The topological polar surface area (TPSA) is 52.6 Å². The van der Waals surface area contributed by atoms with E-state index in [0.717, 1.165) is 50.8 Å². The molecule has 0 bridgehead atoms. The Morgan fingerprint density at radius 1 is 1.14 bits per heavy atom. The zero-order chi connectivity index (χ0) is 15.4. The minimum atomic E-state index is 0.282. The van der Waals surface area contributed by atoms with Crippen molar-refractivity contribution in [2.45, 2.75) is 32.1 Å². The van der Waals surface area contributed by atoms with E-state index in [4.69, 9.17) is 0 Å². The molecule has 6 nitrogen and oxygen atoms in total. The van der Waals surface area contributed by atoms with E-state index in [1.165, 1.54) is 19.3 Å². The fourth-order valence-electron chi connectivity index (χ4n) is 3.17. The first-order valence-corrected chi connectivity index (χ1v) is 8.30. The van der Waals surface area contributed by atoms with Gasteiger partial charge in [0.05, 0.1) is 0 Å². The zero-order valence-corrected chi connectivity index (χ0v) is 13.4. The number of anilines is 2. The molecule has 2 fully saturated rings. The SMILES string of the molecule is CN(CCN1CCCC1=O)c1cc(N2CCCCC2)ncn1. The Morgan fingerprint density at radius 3 is 2.68 bits per heavy atom. The van der Waals surface area contributed by atoms with Gasteiger partial charge in [0.2, 0.25) is 5.91 Å². The van der Waals surface area contributed by atoms with Crippen molar-refractivity contribution in [1.82, 2.24) is 14.9 Å². The maximum absolute atomic E-state index is 11.7. The molecule has 3 rings (SSSR count). The molecule has 1 amide bonds. The van der Waals surface area contributed by atoms with E-state index in [-0.39, 0.29) is 5.91 Å². The van der Waals surface area contributed by atoms with Crippen LogP contribution in [0.4, 0.5) is 11.6 Å². The van der Waals surface area contributed by atoms with Crippen molar-refractivity contribution in [2.75, 3.05) is 49.6 Å². The molecule has 2 saturated heterocycles. The summed E-state index contributed by atoms with van der Waals surface area (Å²) in [5, 5.41) is 0. The molecule has 0 saturated carbocycles. The first kappa shape index (κ1) is 15.1. The summed E-state index contributed by atoms with van der Waals surface area (Å²) < 4.78 is 0. The van der Waals surface area contributed by atoms with Crippen molar-refractivity contribution < 1.29 is 4.79 Å². The van der Waals surface area contributed by atoms with E-state index in [0.29, 0.717) is 6.42 Å².